The fourth-order valence-electron chi connectivity index (χ4n) is 4.46. The number of benzene rings is 2. The number of nitrogens with zero attached hydrogens (tertiary/aromatic N) is 5. The van der Waals surface area contributed by atoms with E-state index in [1.807, 2.05) is 13.0 Å². The monoisotopic (exact) mass is 498 g/mol. The fourth-order valence-corrected chi connectivity index (χ4v) is 5.79. The van der Waals surface area contributed by atoms with Crippen molar-refractivity contribution in [2.24, 2.45) is 0 Å². The van der Waals surface area contributed by atoms with Crippen LogP contribution >= 0.6 is 22.9 Å². The first kappa shape index (κ1) is 22.3. The van der Waals surface area contributed by atoms with Gasteiger partial charge in [-0.3, -0.25) is 9.48 Å². The predicted octanol–water partition coefficient (Wildman–Crippen LogP) is 4.63. The molecule has 0 radical (unpaired) electrons. The van der Waals surface area contributed by atoms with Gasteiger partial charge in [0.15, 0.2) is 0 Å². The zero-order valence-electron chi connectivity index (χ0n) is 17.8. The third-order valence-corrected chi connectivity index (χ3v) is 7.51. The van der Waals surface area contributed by atoms with Gasteiger partial charge < -0.3 is 10.6 Å². The van der Waals surface area contributed by atoms with Crippen molar-refractivity contribution in [3.63, 3.8) is 0 Å². The molecule has 0 saturated carbocycles. The molecule has 172 valence electrons. The summed E-state index contributed by atoms with van der Waals surface area (Å²) in [5, 5.41) is 14.1. The van der Waals surface area contributed by atoms with Crippen LogP contribution in [0.3, 0.4) is 0 Å². The van der Waals surface area contributed by atoms with E-state index in [9.17, 15) is 14.4 Å². The Hall–Kier alpha value is -3.55. The Morgan fingerprint density at radius 2 is 2.12 bits per heavy atom. The summed E-state index contributed by atoms with van der Waals surface area (Å²) in [4.78, 5) is 18.8. The molecule has 0 fully saturated rings. The number of hydrogen-bond donors (Lipinski definition) is 1. The van der Waals surface area contributed by atoms with Crippen molar-refractivity contribution in [1.29, 1.82) is 5.26 Å². The van der Waals surface area contributed by atoms with Gasteiger partial charge in [0.1, 0.15) is 35.4 Å². The van der Waals surface area contributed by atoms with E-state index >= 15 is 4.39 Å². The van der Waals surface area contributed by atoms with Gasteiger partial charge in [-0.2, -0.15) is 10.4 Å². The molecule has 4 aromatic rings. The average Bonchev–Trinajstić information content (AvgIpc) is 3.43. The third-order valence-electron chi connectivity index (χ3n) is 6.06. The van der Waals surface area contributed by atoms with Crippen molar-refractivity contribution in [2.75, 3.05) is 12.3 Å². The minimum atomic E-state index is -0.732. The predicted molar refractivity (Wildman–Crippen MR) is 126 cm³/mol. The number of fused-ring (bicyclic) bond motifs is 2. The van der Waals surface area contributed by atoms with Crippen LogP contribution in [0.15, 0.2) is 30.9 Å². The third kappa shape index (κ3) is 3.40. The second-order valence-corrected chi connectivity index (χ2v) is 9.47. The van der Waals surface area contributed by atoms with Crippen LogP contribution in [0.5, 0.6) is 0 Å². The number of nitrogens with two attached hydrogens (primary N) is 1. The molecule has 0 saturated heterocycles. The molecule has 1 aliphatic rings. The molecule has 2 aromatic heterocycles. The second-order valence-electron chi connectivity index (χ2n) is 8.04. The van der Waals surface area contributed by atoms with Crippen LogP contribution in [-0.4, -0.2) is 38.2 Å². The zero-order valence-corrected chi connectivity index (χ0v) is 19.4. The lowest BCUT2D eigenvalue weighted by Gasteiger charge is -2.34. The lowest BCUT2D eigenvalue weighted by atomic mass is 9.91. The first-order valence-electron chi connectivity index (χ1n) is 10.4. The quantitative estimate of drug-likeness (QED) is 0.442. The van der Waals surface area contributed by atoms with Gasteiger partial charge in [0.25, 0.3) is 5.91 Å². The van der Waals surface area contributed by atoms with E-state index < -0.39 is 11.6 Å². The van der Waals surface area contributed by atoms with Crippen molar-refractivity contribution in [2.45, 2.75) is 25.9 Å². The Kier molecular flexibility index (Phi) is 5.46. The lowest BCUT2D eigenvalue weighted by molar-refractivity contribution is 0.0654. The summed E-state index contributed by atoms with van der Waals surface area (Å²) in [5.41, 5.74) is 6.99. The van der Waals surface area contributed by atoms with Crippen molar-refractivity contribution in [3.05, 3.63) is 64.2 Å². The van der Waals surface area contributed by atoms with Crippen LogP contribution < -0.4 is 5.73 Å². The topological polar surface area (TPSA) is 101 Å². The van der Waals surface area contributed by atoms with E-state index in [2.05, 4.69) is 10.1 Å². The minimum Gasteiger partial charge on any atom is -0.389 e. The van der Waals surface area contributed by atoms with Gasteiger partial charge in [-0.05, 0) is 36.6 Å². The van der Waals surface area contributed by atoms with Crippen LogP contribution in [0.25, 0.3) is 21.2 Å². The highest BCUT2D eigenvalue weighted by Crippen LogP contribution is 2.45. The summed E-state index contributed by atoms with van der Waals surface area (Å²) in [6, 6.07) is 5.54. The van der Waals surface area contributed by atoms with Crippen LogP contribution in [0.4, 0.5) is 13.8 Å². The number of aromatic nitrogens is 3. The molecule has 1 aliphatic heterocycles. The van der Waals surface area contributed by atoms with Crippen molar-refractivity contribution in [1.82, 2.24) is 19.7 Å². The summed E-state index contributed by atoms with van der Waals surface area (Å²) in [7, 11) is 0. The number of nitrogen functional groups attached to an aromatic ring is 1. The van der Waals surface area contributed by atoms with Gasteiger partial charge in [-0.25, -0.2) is 13.8 Å². The minimum absolute atomic E-state index is 0.0247. The molecule has 0 bridgehead atoms. The Morgan fingerprint density at radius 3 is 2.82 bits per heavy atom. The van der Waals surface area contributed by atoms with E-state index in [0.29, 0.717) is 25.1 Å². The first-order valence-corrected chi connectivity index (χ1v) is 11.6. The Balaban J connectivity index is 1.60. The van der Waals surface area contributed by atoms with Crippen LogP contribution in [0.2, 0.25) is 5.02 Å². The molecule has 7 nitrogen and oxygen atoms in total. The average molecular weight is 499 g/mol. The molecule has 0 spiro atoms. The molecule has 1 atom stereocenters. The summed E-state index contributed by atoms with van der Waals surface area (Å²) in [6.07, 6.45) is 3.40. The Bertz CT molecular complexity index is 1490. The molecular weight excluding hydrogens is 482 g/mol. The van der Waals surface area contributed by atoms with Crippen molar-refractivity contribution in [3.8, 4) is 17.2 Å². The number of carbonyl (C=O) groups excluding carboxylic acids is 1. The highest BCUT2D eigenvalue weighted by atomic mass is 35.5. The summed E-state index contributed by atoms with van der Waals surface area (Å²) >= 11 is 7.61. The van der Waals surface area contributed by atoms with Gasteiger partial charge in [-0.1, -0.05) is 17.7 Å². The molecule has 5 rings (SSSR count). The van der Waals surface area contributed by atoms with E-state index in [1.54, 1.807) is 15.9 Å². The van der Waals surface area contributed by atoms with Gasteiger partial charge in [0.05, 0.1) is 21.8 Å². The lowest BCUT2D eigenvalue weighted by Crippen LogP contribution is -2.45. The molecule has 2 N–H and O–H groups in total. The summed E-state index contributed by atoms with van der Waals surface area (Å²) in [5.74, 6) is -1.62. The number of hydrogen-bond acceptors (Lipinski definition) is 6. The largest absolute Gasteiger partial charge is 0.389 e. The van der Waals surface area contributed by atoms with E-state index in [-0.39, 0.29) is 54.3 Å². The van der Waals surface area contributed by atoms with E-state index in [1.165, 1.54) is 24.5 Å². The number of halogens is 3. The smallest absolute Gasteiger partial charge is 0.254 e. The standard InChI is InChI=1S/C23H17ClF2N6OS/c1-11(8-31-10-29-9-30-31)32-5-4-12-14(23(32)33)6-17(26)19(20(12)24)13-2-3-16(25)21-18(13)15(7-27)22(28)34-21/h2-3,6,9-11H,4-5,8,28H2,1H3. The number of amides is 1. The van der Waals surface area contributed by atoms with Gasteiger partial charge >= 0.3 is 0 Å². The number of rotatable bonds is 4. The van der Waals surface area contributed by atoms with E-state index in [4.69, 9.17) is 17.3 Å². The molecule has 3 heterocycles. The van der Waals surface area contributed by atoms with Gasteiger partial charge in [0.2, 0.25) is 0 Å². The molecule has 1 unspecified atom stereocenters. The van der Waals surface area contributed by atoms with Crippen molar-refractivity contribution < 1.29 is 13.6 Å². The number of thiophene rings is 1. The molecule has 11 heteroatoms. The Labute approximate surface area is 202 Å². The van der Waals surface area contributed by atoms with E-state index in [0.717, 1.165) is 11.3 Å². The number of anilines is 1. The molecule has 34 heavy (non-hydrogen) atoms. The maximum absolute atomic E-state index is 15.5. The Morgan fingerprint density at radius 1 is 1.32 bits per heavy atom. The number of nitriles is 1. The molecule has 0 aliphatic carbocycles. The summed E-state index contributed by atoms with van der Waals surface area (Å²) in [6.45, 7) is 2.72. The highest BCUT2D eigenvalue weighted by molar-refractivity contribution is 7.23. The maximum atomic E-state index is 15.5. The van der Waals surface area contributed by atoms with Gasteiger partial charge in [-0.15, -0.1) is 11.3 Å². The van der Waals surface area contributed by atoms with Crippen LogP contribution in [-0.2, 0) is 13.0 Å². The molecule has 2 aromatic carbocycles. The highest BCUT2D eigenvalue weighted by Gasteiger charge is 2.33. The normalized spacial score (nSPS) is 14.3. The second kappa shape index (κ2) is 8.34. The molecular formula is C23H17ClF2N6OS. The zero-order chi connectivity index (χ0) is 24.1. The summed E-state index contributed by atoms with van der Waals surface area (Å²) < 4.78 is 31.8. The maximum Gasteiger partial charge on any atom is 0.254 e. The van der Waals surface area contributed by atoms with Crippen LogP contribution in [0.1, 0.15) is 28.4 Å². The number of carbonyl (C=O) groups is 1. The fraction of sp³-hybridized carbons (Fsp3) is 0.217. The first-order chi connectivity index (χ1) is 16.3. The molecule has 1 amide bonds. The van der Waals surface area contributed by atoms with Gasteiger partial charge in [0, 0.05) is 29.1 Å². The van der Waals surface area contributed by atoms with Crippen molar-refractivity contribution >= 4 is 43.9 Å². The SMILES string of the molecule is CC(Cn1cncn1)N1CCc2c(cc(F)c(-c3ccc(F)c4sc(N)c(C#N)c34)c2Cl)C1=O. The van der Waals surface area contributed by atoms with Crippen LogP contribution in [0, 0.1) is 23.0 Å².